The fraction of sp³-hybridized carbons (Fsp3) is 0.167. The van der Waals surface area contributed by atoms with Gasteiger partial charge in [0.05, 0.1) is 0 Å². The van der Waals surface area contributed by atoms with E-state index in [9.17, 15) is 4.79 Å². The molecular formula is C6H7N3O2. The summed E-state index contributed by atoms with van der Waals surface area (Å²) in [5, 5.41) is 8.49. The summed E-state index contributed by atoms with van der Waals surface area (Å²) in [6.45, 7) is 1.66. The summed E-state index contributed by atoms with van der Waals surface area (Å²) in [4.78, 5) is 17.6. The van der Waals surface area contributed by atoms with Gasteiger partial charge in [0.1, 0.15) is 0 Å². The number of hydrogen-bond donors (Lipinski definition) is 2. The summed E-state index contributed by atoms with van der Waals surface area (Å²) >= 11 is 0. The highest BCUT2D eigenvalue weighted by molar-refractivity contribution is 5.85. The summed E-state index contributed by atoms with van der Waals surface area (Å²) in [5.41, 5.74) is 5.69. The van der Waals surface area contributed by atoms with Crippen molar-refractivity contribution in [3.05, 3.63) is 17.5 Å². The molecule has 1 heterocycles. The molecular weight excluding hydrogens is 146 g/mol. The first-order valence-electron chi connectivity index (χ1n) is 2.94. The van der Waals surface area contributed by atoms with Gasteiger partial charge in [-0.3, -0.25) is 0 Å². The zero-order valence-corrected chi connectivity index (χ0v) is 5.90. The first-order chi connectivity index (χ1) is 5.09. The van der Waals surface area contributed by atoms with Crippen LogP contribution in [0.5, 0.6) is 0 Å². The van der Waals surface area contributed by atoms with Crippen molar-refractivity contribution >= 4 is 11.9 Å². The number of carboxylic acids is 1. The van der Waals surface area contributed by atoms with E-state index in [0.717, 1.165) is 0 Å². The summed E-state index contributed by atoms with van der Waals surface area (Å²) in [6.07, 6.45) is 0. The molecule has 0 unspecified atom stereocenters. The van der Waals surface area contributed by atoms with Crippen LogP contribution in [0.1, 0.15) is 16.2 Å². The molecule has 5 nitrogen and oxygen atoms in total. The summed E-state index contributed by atoms with van der Waals surface area (Å²) in [6, 6.07) is 1.36. The van der Waals surface area contributed by atoms with Crippen molar-refractivity contribution < 1.29 is 9.90 Å². The Bertz CT molecular complexity index is 278. The van der Waals surface area contributed by atoms with Crippen molar-refractivity contribution in [3.63, 3.8) is 0 Å². The van der Waals surface area contributed by atoms with E-state index < -0.39 is 5.97 Å². The third-order valence-electron chi connectivity index (χ3n) is 1.09. The molecule has 0 atom stereocenters. The highest BCUT2D eigenvalue weighted by atomic mass is 16.4. The molecule has 0 saturated carbocycles. The highest BCUT2D eigenvalue weighted by Crippen LogP contribution is 2.00. The molecule has 0 radical (unpaired) electrons. The van der Waals surface area contributed by atoms with Gasteiger partial charge in [0.25, 0.3) is 0 Å². The molecule has 0 bridgehead atoms. The number of nitrogen functional groups attached to an aromatic ring is 1. The van der Waals surface area contributed by atoms with Crippen LogP contribution in [0.2, 0.25) is 0 Å². The monoisotopic (exact) mass is 153 g/mol. The predicted octanol–water partition coefficient (Wildman–Crippen LogP) is 0.0654. The minimum atomic E-state index is -1.10. The minimum absolute atomic E-state index is 0.0117. The van der Waals surface area contributed by atoms with Crippen LogP contribution < -0.4 is 5.73 Å². The van der Waals surface area contributed by atoms with Crippen LogP contribution in [0.4, 0.5) is 5.95 Å². The van der Waals surface area contributed by atoms with Crippen LogP contribution in [0.15, 0.2) is 6.07 Å². The second kappa shape index (κ2) is 2.53. The maximum Gasteiger partial charge on any atom is 0.354 e. The molecule has 0 aliphatic heterocycles. The van der Waals surface area contributed by atoms with Gasteiger partial charge in [-0.05, 0) is 13.0 Å². The van der Waals surface area contributed by atoms with Crippen molar-refractivity contribution in [2.24, 2.45) is 0 Å². The van der Waals surface area contributed by atoms with Crippen LogP contribution in [0.25, 0.3) is 0 Å². The van der Waals surface area contributed by atoms with Gasteiger partial charge in [0.2, 0.25) is 5.95 Å². The number of nitrogens with zero attached hydrogens (tertiary/aromatic N) is 2. The third kappa shape index (κ3) is 1.64. The van der Waals surface area contributed by atoms with E-state index in [0.29, 0.717) is 5.69 Å². The van der Waals surface area contributed by atoms with Crippen LogP contribution in [0.3, 0.4) is 0 Å². The molecule has 0 amide bonds. The number of carboxylic acid groups (broad SMARTS) is 1. The fourth-order valence-corrected chi connectivity index (χ4v) is 0.701. The maximum absolute atomic E-state index is 10.4. The molecule has 1 aromatic heterocycles. The Hall–Kier alpha value is -1.65. The van der Waals surface area contributed by atoms with E-state index in [1.807, 2.05) is 0 Å². The maximum atomic E-state index is 10.4. The quantitative estimate of drug-likeness (QED) is 0.595. The molecule has 5 heteroatoms. The zero-order chi connectivity index (χ0) is 8.43. The van der Waals surface area contributed by atoms with Gasteiger partial charge in [0.15, 0.2) is 5.69 Å². The van der Waals surface area contributed by atoms with Crippen molar-refractivity contribution in [1.29, 1.82) is 0 Å². The van der Waals surface area contributed by atoms with Crippen molar-refractivity contribution in [1.82, 2.24) is 9.97 Å². The molecule has 0 aliphatic carbocycles. The molecule has 0 spiro atoms. The number of anilines is 1. The number of carbonyl (C=O) groups is 1. The lowest BCUT2D eigenvalue weighted by Gasteiger charge is -1.96. The van der Waals surface area contributed by atoms with E-state index >= 15 is 0 Å². The normalized spacial score (nSPS) is 9.55. The Balaban J connectivity index is 3.19. The summed E-state index contributed by atoms with van der Waals surface area (Å²) in [7, 11) is 0. The number of rotatable bonds is 1. The SMILES string of the molecule is Cc1cc(C(=O)O)nc(N)n1. The molecule has 58 valence electrons. The minimum Gasteiger partial charge on any atom is -0.477 e. The first-order valence-corrected chi connectivity index (χ1v) is 2.94. The molecule has 0 saturated heterocycles. The molecule has 0 aliphatic rings. The summed E-state index contributed by atoms with van der Waals surface area (Å²) < 4.78 is 0. The van der Waals surface area contributed by atoms with Crippen LogP contribution >= 0.6 is 0 Å². The number of nitrogens with two attached hydrogens (primary N) is 1. The molecule has 0 fully saturated rings. The molecule has 3 N–H and O–H groups in total. The average Bonchev–Trinajstić information content (AvgIpc) is 1.85. The third-order valence-corrected chi connectivity index (χ3v) is 1.09. The van der Waals surface area contributed by atoms with Gasteiger partial charge in [-0.2, -0.15) is 0 Å². The predicted molar refractivity (Wildman–Crippen MR) is 38.1 cm³/mol. The smallest absolute Gasteiger partial charge is 0.354 e. The van der Waals surface area contributed by atoms with Crippen LogP contribution in [-0.2, 0) is 0 Å². The average molecular weight is 153 g/mol. The van der Waals surface area contributed by atoms with Gasteiger partial charge in [-0.1, -0.05) is 0 Å². The largest absolute Gasteiger partial charge is 0.477 e. The topological polar surface area (TPSA) is 89.1 Å². The lowest BCUT2D eigenvalue weighted by Crippen LogP contribution is -2.05. The lowest BCUT2D eigenvalue weighted by atomic mass is 10.3. The number of aromatic nitrogens is 2. The van der Waals surface area contributed by atoms with Gasteiger partial charge in [0, 0.05) is 5.69 Å². The van der Waals surface area contributed by atoms with Gasteiger partial charge in [-0.15, -0.1) is 0 Å². The van der Waals surface area contributed by atoms with Gasteiger partial charge >= 0.3 is 5.97 Å². The molecule has 1 rings (SSSR count). The molecule has 1 aromatic rings. The Morgan fingerprint density at radius 3 is 2.73 bits per heavy atom. The Kier molecular flexibility index (Phi) is 1.72. The van der Waals surface area contributed by atoms with Crippen LogP contribution in [-0.4, -0.2) is 21.0 Å². The lowest BCUT2D eigenvalue weighted by molar-refractivity contribution is 0.0690. The van der Waals surface area contributed by atoms with E-state index in [2.05, 4.69) is 9.97 Å². The fourth-order valence-electron chi connectivity index (χ4n) is 0.701. The van der Waals surface area contributed by atoms with E-state index in [1.54, 1.807) is 6.92 Å². The highest BCUT2D eigenvalue weighted by Gasteiger charge is 2.05. The first kappa shape index (κ1) is 7.46. The summed E-state index contributed by atoms with van der Waals surface area (Å²) in [5.74, 6) is -1.11. The second-order valence-electron chi connectivity index (χ2n) is 2.06. The number of hydrogen-bond acceptors (Lipinski definition) is 4. The Morgan fingerprint density at radius 2 is 2.27 bits per heavy atom. The Morgan fingerprint density at radius 1 is 1.64 bits per heavy atom. The van der Waals surface area contributed by atoms with E-state index in [-0.39, 0.29) is 11.6 Å². The van der Waals surface area contributed by atoms with Crippen LogP contribution in [0, 0.1) is 6.92 Å². The Labute approximate surface area is 62.9 Å². The zero-order valence-electron chi connectivity index (χ0n) is 5.90. The van der Waals surface area contributed by atoms with Crippen molar-refractivity contribution in [3.8, 4) is 0 Å². The molecule has 0 aromatic carbocycles. The van der Waals surface area contributed by atoms with E-state index in [1.165, 1.54) is 6.07 Å². The number of aryl methyl sites for hydroxylation is 1. The van der Waals surface area contributed by atoms with E-state index in [4.69, 9.17) is 10.8 Å². The van der Waals surface area contributed by atoms with Crippen molar-refractivity contribution in [2.45, 2.75) is 6.92 Å². The standard InChI is InChI=1S/C6H7N3O2/c1-3-2-4(5(10)11)9-6(7)8-3/h2H,1H3,(H,10,11)(H2,7,8,9). The van der Waals surface area contributed by atoms with Crippen molar-refractivity contribution in [2.75, 3.05) is 5.73 Å². The second-order valence-corrected chi connectivity index (χ2v) is 2.06. The van der Waals surface area contributed by atoms with Gasteiger partial charge < -0.3 is 10.8 Å². The van der Waals surface area contributed by atoms with Gasteiger partial charge in [-0.25, -0.2) is 14.8 Å². The molecule has 11 heavy (non-hydrogen) atoms. The number of aromatic carboxylic acids is 1.